The van der Waals surface area contributed by atoms with E-state index in [1.54, 1.807) is 17.4 Å². The number of nitrogens with zero attached hydrogens (tertiary/aromatic N) is 1. The Balaban J connectivity index is 1.67. The summed E-state index contributed by atoms with van der Waals surface area (Å²) in [6, 6.07) is 6.43. The molecule has 1 amide bonds. The first kappa shape index (κ1) is 13.2. The predicted molar refractivity (Wildman–Crippen MR) is 82.0 cm³/mol. The monoisotopic (exact) mass is 289 g/mol. The van der Waals surface area contributed by atoms with E-state index in [-0.39, 0.29) is 5.91 Å². The zero-order valence-corrected chi connectivity index (χ0v) is 12.4. The van der Waals surface area contributed by atoms with E-state index in [1.165, 1.54) is 9.75 Å². The molecule has 5 heteroatoms. The summed E-state index contributed by atoms with van der Waals surface area (Å²) >= 11 is 1.75. The first-order valence-electron chi connectivity index (χ1n) is 7.00. The van der Waals surface area contributed by atoms with Crippen molar-refractivity contribution in [1.82, 2.24) is 9.88 Å². The lowest BCUT2D eigenvalue weighted by Crippen LogP contribution is -2.24. The van der Waals surface area contributed by atoms with E-state index in [4.69, 9.17) is 5.73 Å². The first-order valence-corrected chi connectivity index (χ1v) is 7.82. The molecule has 3 rings (SSSR count). The van der Waals surface area contributed by atoms with E-state index in [2.05, 4.69) is 24.4 Å². The highest BCUT2D eigenvalue weighted by Crippen LogP contribution is 2.37. The molecule has 2 aromatic heterocycles. The molecule has 0 aliphatic heterocycles. The van der Waals surface area contributed by atoms with Gasteiger partial charge >= 0.3 is 0 Å². The van der Waals surface area contributed by atoms with Crippen LogP contribution in [0.15, 0.2) is 24.4 Å². The maximum atomic E-state index is 12.3. The lowest BCUT2D eigenvalue weighted by atomic mass is 10.3. The van der Waals surface area contributed by atoms with Gasteiger partial charge in [0, 0.05) is 22.0 Å². The molecule has 0 aromatic carbocycles. The normalized spacial score (nSPS) is 14.4. The minimum Gasteiger partial charge on any atom is -0.397 e. The maximum Gasteiger partial charge on any atom is 0.268 e. The number of aryl methyl sites for hydroxylation is 1. The standard InChI is InChI=1S/C15H19N3OS/c1-2-12-5-6-13(20-12)8-17-15(19)14-7-10(16)9-18(14)11-3-4-11/h5-7,9,11H,2-4,8,16H2,1H3,(H,17,19). The Morgan fingerprint density at radius 2 is 2.20 bits per heavy atom. The van der Waals surface area contributed by atoms with Gasteiger partial charge in [-0.3, -0.25) is 4.79 Å². The highest BCUT2D eigenvalue weighted by Gasteiger charge is 2.27. The van der Waals surface area contributed by atoms with Crippen molar-refractivity contribution >= 4 is 22.9 Å². The van der Waals surface area contributed by atoms with E-state index < -0.39 is 0 Å². The first-order chi connectivity index (χ1) is 9.67. The average Bonchev–Trinajstić information content (AvgIpc) is 3.05. The summed E-state index contributed by atoms with van der Waals surface area (Å²) in [5, 5.41) is 2.98. The van der Waals surface area contributed by atoms with Gasteiger partial charge in [0.2, 0.25) is 0 Å². The van der Waals surface area contributed by atoms with Gasteiger partial charge in [-0.2, -0.15) is 0 Å². The molecule has 0 radical (unpaired) electrons. The fourth-order valence-electron chi connectivity index (χ4n) is 2.30. The van der Waals surface area contributed by atoms with Crippen molar-refractivity contribution in [1.29, 1.82) is 0 Å². The second-order valence-electron chi connectivity index (χ2n) is 5.20. The SMILES string of the molecule is CCc1ccc(CNC(=O)c2cc(N)cn2C2CC2)s1. The van der Waals surface area contributed by atoms with Gasteiger partial charge in [0.15, 0.2) is 0 Å². The van der Waals surface area contributed by atoms with Crippen LogP contribution in [0.2, 0.25) is 0 Å². The molecule has 2 aromatic rings. The van der Waals surface area contributed by atoms with E-state index in [1.807, 2.05) is 10.8 Å². The van der Waals surface area contributed by atoms with Gasteiger partial charge in [0.1, 0.15) is 5.69 Å². The summed E-state index contributed by atoms with van der Waals surface area (Å²) in [4.78, 5) is 14.8. The van der Waals surface area contributed by atoms with Crippen molar-refractivity contribution in [2.75, 3.05) is 5.73 Å². The van der Waals surface area contributed by atoms with Gasteiger partial charge in [0.25, 0.3) is 5.91 Å². The molecule has 1 aliphatic carbocycles. The Morgan fingerprint density at radius 1 is 1.45 bits per heavy atom. The Kier molecular flexibility index (Phi) is 3.53. The molecule has 1 fully saturated rings. The van der Waals surface area contributed by atoms with Crippen LogP contribution in [0.4, 0.5) is 5.69 Å². The number of nitrogens with two attached hydrogens (primary N) is 1. The number of nitrogens with one attached hydrogen (secondary N) is 1. The zero-order chi connectivity index (χ0) is 14.1. The van der Waals surface area contributed by atoms with Gasteiger partial charge in [-0.1, -0.05) is 6.92 Å². The highest BCUT2D eigenvalue weighted by molar-refractivity contribution is 7.11. The van der Waals surface area contributed by atoms with Crippen LogP contribution >= 0.6 is 11.3 Å². The highest BCUT2D eigenvalue weighted by atomic mass is 32.1. The molecule has 1 aliphatic rings. The summed E-state index contributed by atoms with van der Waals surface area (Å²) in [7, 11) is 0. The molecule has 0 atom stereocenters. The molecule has 0 saturated heterocycles. The van der Waals surface area contributed by atoms with Crippen LogP contribution < -0.4 is 11.1 Å². The molecule has 20 heavy (non-hydrogen) atoms. The topological polar surface area (TPSA) is 60.1 Å². The van der Waals surface area contributed by atoms with Crippen LogP contribution in [-0.2, 0) is 13.0 Å². The van der Waals surface area contributed by atoms with Gasteiger partial charge in [-0.25, -0.2) is 0 Å². The Hall–Kier alpha value is -1.75. The van der Waals surface area contributed by atoms with E-state index >= 15 is 0 Å². The number of anilines is 1. The van der Waals surface area contributed by atoms with Crippen LogP contribution in [0, 0.1) is 0 Å². The number of nitrogen functional groups attached to an aromatic ring is 1. The second kappa shape index (κ2) is 5.32. The third kappa shape index (κ3) is 2.72. The van der Waals surface area contributed by atoms with Crippen molar-refractivity contribution in [3.8, 4) is 0 Å². The third-order valence-electron chi connectivity index (χ3n) is 3.53. The van der Waals surface area contributed by atoms with Crippen molar-refractivity contribution in [2.24, 2.45) is 0 Å². The van der Waals surface area contributed by atoms with Crippen LogP contribution in [-0.4, -0.2) is 10.5 Å². The van der Waals surface area contributed by atoms with Crippen molar-refractivity contribution in [2.45, 2.75) is 38.8 Å². The van der Waals surface area contributed by atoms with Crippen LogP contribution in [0.25, 0.3) is 0 Å². The average molecular weight is 289 g/mol. The van der Waals surface area contributed by atoms with E-state index in [0.717, 1.165) is 19.3 Å². The summed E-state index contributed by atoms with van der Waals surface area (Å²) in [5.74, 6) is -0.0416. The van der Waals surface area contributed by atoms with Gasteiger partial charge < -0.3 is 15.6 Å². The summed E-state index contributed by atoms with van der Waals surface area (Å²) in [5.41, 5.74) is 7.15. The fourth-order valence-corrected chi connectivity index (χ4v) is 3.20. The van der Waals surface area contributed by atoms with Crippen LogP contribution in [0.3, 0.4) is 0 Å². The molecular formula is C15H19N3OS. The largest absolute Gasteiger partial charge is 0.397 e. The van der Waals surface area contributed by atoms with Crippen molar-refractivity contribution in [3.05, 3.63) is 39.8 Å². The molecule has 0 unspecified atom stereocenters. The molecule has 3 N–H and O–H groups in total. The molecule has 106 valence electrons. The summed E-state index contributed by atoms with van der Waals surface area (Å²) in [6.07, 6.45) is 5.19. The predicted octanol–water partition coefficient (Wildman–Crippen LogP) is 2.96. The minimum absolute atomic E-state index is 0.0416. The van der Waals surface area contributed by atoms with E-state index in [9.17, 15) is 4.79 Å². The van der Waals surface area contributed by atoms with Gasteiger partial charge in [0.05, 0.1) is 12.2 Å². The van der Waals surface area contributed by atoms with Crippen LogP contribution in [0.1, 0.15) is 46.0 Å². The number of aromatic nitrogens is 1. The molecule has 0 spiro atoms. The van der Waals surface area contributed by atoms with Crippen molar-refractivity contribution < 1.29 is 4.79 Å². The number of rotatable bonds is 5. The smallest absolute Gasteiger partial charge is 0.268 e. The maximum absolute atomic E-state index is 12.3. The number of hydrogen-bond donors (Lipinski definition) is 2. The number of carbonyl (C=O) groups excluding carboxylic acids is 1. The van der Waals surface area contributed by atoms with Crippen LogP contribution in [0.5, 0.6) is 0 Å². The van der Waals surface area contributed by atoms with Gasteiger partial charge in [-0.05, 0) is 37.5 Å². The molecule has 2 heterocycles. The Morgan fingerprint density at radius 3 is 2.85 bits per heavy atom. The van der Waals surface area contributed by atoms with Gasteiger partial charge in [-0.15, -0.1) is 11.3 Å². The summed E-state index contributed by atoms with van der Waals surface area (Å²) < 4.78 is 2.01. The lowest BCUT2D eigenvalue weighted by molar-refractivity contribution is 0.0942. The number of thiophene rings is 1. The Bertz CT molecular complexity index is 625. The Labute approximate surface area is 122 Å². The number of amides is 1. The second-order valence-corrected chi connectivity index (χ2v) is 6.45. The quantitative estimate of drug-likeness (QED) is 0.889. The van der Waals surface area contributed by atoms with Crippen molar-refractivity contribution in [3.63, 3.8) is 0 Å². The molecule has 4 nitrogen and oxygen atoms in total. The number of hydrogen-bond acceptors (Lipinski definition) is 3. The molecular weight excluding hydrogens is 270 g/mol. The third-order valence-corrected chi connectivity index (χ3v) is 4.76. The fraction of sp³-hybridized carbons (Fsp3) is 0.400. The lowest BCUT2D eigenvalue weighted by Gasteiger charge is -2.07. The molecule has 0 bridgehead atoms. The zero-order valence-electron chi connectivity index (χ0n) is 11.6. The number of carbonyl (C=O) groups is 1. The minimum atomic E-state index is -0.0416. The molecule has 1 saturated carbocycles. The van der Waals surface area contributed by atoms with E-state index in [0.29, 0.717) is 24.0 Å². The summed E-state index contributed by atoms with van der Waals surface area (Å²) in [6.45, 7) is 2.72.